The van der Waals surface area contributed by atoms with Crippen molar-refractivity contribution in [1.29, 1.82) is 0 Å². The minimum Gasteiger partial charge on any atom is -0.290 e. The van der Waals surface area contributed by atoms with Gasteiger partial charge in [-0.2, -0.15) is 15.2 Å². The lowest BCUT2D eigenvalue weighted by Crippen LogP contribution is -2.15. The van der Waals surface area contributed by atoms with Gasteiger partial charge in [-0.1, -0.05) is 13.3 Å². The van der Waals surface area contributed by atoms with Crippen LogP contribution in [0, 0.1) is 13.8 Å². The Hall–Kier alpha value is -2.44. The van der Waals surface area contributed by atoms with Crippen molar-refractivity contribution in [1.82, 2.24) is 29.5 Å². The van der Waals surface area contributed by atoms with Crippen molar-refractivity contribution in [3.8, 4) is 5.95 Å². The van der Waals surface area contributed by atoms with E-state index in [1.54, 1.807) is 16.4 Å². The van der Waals surface area contributed by atoms with Gasteiger partial charge < -0.3 is 0 Å². The number of rotatable bonds is 4. The number of fused-ring (bicyclic) bond motifs is 1. The van der Waals surface area contributed by atoms with Gasteiger partial charge in [0.25, 0.3) is 5.56 Å². The molecule has 3 heterocycles. The van der Waals surface area contributed by atoms with E-state index in [0.29, 0.717) is 17.0 Å². The van der Waals surface area contributed by atoms with Crippen LogP contribution in [0.5, 0.6) is 0 Å². The normalized spacial score (nSPS) is 11.5. The Morgan fingerprint density at radius 3 is 2.82 bits per heavy atom. The van der Waals surface area contributed by atoms with Crippen LogP contribution >= 0.6 is 0 Å². The maximum atomic E-state index is 12.2. The van der Waals surface area contributed by atoms with Crippen LogP contribution in [0.15, 0.2) is 11.0 Å². The van der Waals surface area contributed by atoms with E-state index >= 15 is 0 Å². The van der Waals surface area contributed by atoms with Gasteiger partial charge in [0.05, 0.1) is 11.9 Å². The lowest BCUT2D eigenvalue weighted by Gasteiger charge is -2.05. The summed E-state index contributed by atoms with van der Waals surface area (Å²) < 4.78 is 3.31. The second kappa shape index (κ2) is 5.40. The molecule has 0 atom stereocenters. The molecule has 3 rings (SSSR count). The summed E-state index contributed by atoms with van der Waals surface area (Å²) in [6.07, 6.45) is 4.78. The molecule has 3 aromatic rings. The molecule has 0 aliphatic rings. The van der Waals surface area contributed by atoms with Crippen molar-refractivity contribution >= 4 is 11.0 Å². The van der Waals surface area contributed by atoms with E-state index in [1.807, 2.05) is 13.8 Å². The Kier molecular flexibility index (Phi) is 3.56. The topological polar surface area (TPSA) is 81.4 Å². The highest BCUT2D eigenvalue weighted by Crippen LogP contribution is 2.18. The van der Waals surface area contributed by atoms with Gasteiger partial charge in [-0.15, -0.1) is 0 Å². The molecule has 0 aliphatic carbocycles. The van der Waals surface area contributed by atoms with E-state index in [4.69, 9.17) is 0 Å². The average Bonchev–Trinajstić information content (AvgIpc) is 2.99. The Morgan fingerprint density at radius 2 is 2.09 bits per heavy atom. The van der Waals surface area contributed by atoms with Crippen LogP contribution in [0.3, 0.4) is 0 Å². The largest absolute Gasteiger partial charge is 0.290 e. The van der Waals surface area contributed by atoms with Crippen molar-refractivity contribution < 1.29 is 0 Å². The molecule has 0 unspecified atom stereocenters. The van der Waals surface area contributed by atoms with Crippen LogP contribution in [0.1, 0.15) is 36.7 Å². The molecule has 0 saturated carbocycles. The smallest absolute Gasteiger partial charge is 0.263 e. The van der Waals surface area contributed by atoms with E-state index < -0.39 is 0 Å². The zero-order chi connectivity index (χ0) is 15.9. The van der Waals surface area contributed by atoms with Crippen molar-refractivity contribution in [2.24, 2.45) is 7.05 Å². The first-order chi connectivity index (χ1) is 10.5. The van der Waals surface area contributed by atoms with Crippen LogP contribution < -0.4 is 5.56 Å². The van der Waals surface area contributed by atoms with Crippen molar-refractivity contribution in [2.75, 3.05) is 0 Å². The highest BCUT2D eigenvalue weighted by atomic mass is 16.1. The molecule has 0 aliphatic heterocycles. The molecule has 7 nitrogen and oxygen atoms in total. The van der Waals surface area contributed by atoms with Gasteiger partial charge in [-0.05, 0) is 32.3 Å². The number of unbranched alkanes of at least 4 members (excludes halogenated alkanes) is 1. The number of hydrogen-bond acceptors (Lipinski definition) is 4. The maximum Gasteiger partial charge on any atom is 0.263 e. The summed E-state index contributed by atoms with van der Waals surface area (Å²) in [6, 6.07) is 0. The molecule has 0 spiro atoms. The summed E-state index contributed by atoms with van der Waals surface area (Å²) in [6.45, 7) is 6.18. The van der Waals surface area contributed by atoms with E-state index in [9.17, 15) is 4.79 Å². The molecule has 0 radical (unpaired) electrons. The molecular weight excluding hydrogens is 280 g/mol. The fourth-order valence-corrected chi connectivity index (χ4v) is 2.72. The molecule has 0 aromatic carbocycles. The van der Waals surface area contributed by atoms with Gasteiger partial charge in [0, 0.05) is 12.7 Å². The third kappa shape index (κ3) is 2.22. The number of aryl methyl sites for hydroxylation is 2. The van der Waals surface area contributed by atoms with Gasteiger partial charge >= 0.3 is 0 Å². The number of nitrogens with one attached hydrogen (secondary N) is 1. The van der Waals surface area contributed by atoms with Gasteiger partial charge in [0.1, 0.15) is 5.39 Å². The van der Waals surface area contributed by atoms with E-state index in [-0.39, 0.29) is 5.56 Å². The predicted octanol–water partition coefficient (Wildman–Crippen LogP) is 1.80. The van der Waals surface area contributed by atoms with Crippen LogP contribution in [-0.4, -0.2) is 29.5 Å². The number of nitrogens with zero attached hydrogens (tertiary/aromatic N) is 5. The fourth-order valence-electron chi connectivity index (χ4n) is 2.72. The van der Waals surface area contributed by atoms with Crippen LogP contribution in [0.25, 0.3) is 17.0 Å². The quantitative estimate of drug-likeness (QED) is 0.796. The van der Waals surface area contributed by atoms with E-state index in [0.717, 1.165) is 30.7 Å². The standard InChI is InChI=1S/C15H20N6O/c1-5-6-7-11-9(2)19-21(10(11)3)15-17-13-12(14(22)18-15)8-16-20(13)4/h8H,5-7H2,1-4H3,(H,17,18,22). The molecule has 0 saturated heterocycles. The van der Waals surface area contributed by atoms with Gasteiger partial charge in [0.15, 0.2) is 5.65 Å². The second-order valence-corrected chi connectivity index (χ2v) is 5.56. The van der Waals surface area contributed by atoms with Crippen molar-refractivity contribution in [3.05, 3.63) is 33.5 Å². The molecule has 0 bridgehead atoms. The third-order valence-electron chi connectivity index (χ3n) is 4.01. The molecule has 0 amide bonds. The molecule has 116 valence electrons. The number of aromatic nitrogens is 6. The lowest BCUT2D eigenvalue weighted by molar-refractivity contribution is 0.750. The van der Waals surface area contributed by atoms with Crippen molar-refractivity contribution in [3.63, 3.8) is 0 Å². The average molecular weight is 300 g/mol. The maximum absolute atomic E-state index is 12.2. The van der Waals surface area contributed by atoms with Crippen molar-refractivity contribution in [2.45, 2.75) is 40.0 Å². The molecule has 7 heteroatoms. The second-order valence-electron chi connectivity index (χ2n) is 5.56. The first kappa shape index (κ1) is 14.5. The number of H-pyrrole nitrogens is 1. The Balaban J connectivity index is 2.15. The van der Waals surface area contributed by atoms with Gasteiger partial charge in [-0.3, -0.25) is 14.5 Å². The Morgan fingerprint density at radius 1 is 1.32 bits per heavy atom. The summed E-state index contributed by atoms with van der Waals surface area (Å²) in [5, 5.41) is 9.12. The summed E-state index contributed by atoms with van der Waals surface area (Å²) in [7, 11) is 1.77. The third-order valence-corrected chi connectivity index (χ3v) is 4.01. The van der Waals surface area contributed by atoms with Crippen LogP contribution in [0.2, 0.25) is 0 Å². The molecule has 1 N–H and O–H groups in total. The predicted molar refractivity (Wildman–Crippen MR) is 84.3 cm³/mol. The van der Waals surface area contributed by atoms with Crippen LogP contribution in [0.4, 0.5) is 0 Å². The molecule has 0 fully saturated rings. The van der Waals surface area contributed by atoms with E-state index in [2.05, 4.69) is 27.1 Å². The first-order valence-corrected chi connectivity index (χ1v) is 7.50. The Labute approximate surface area is 128 Å². The highest BCUT2D eigenvalue weighted by Gasteiger charge is 2.16. The minimum absolute atomic E-state index is 0.198. The monoisotopic (exact) mass is 300 g/mol. The van der Waals surface area contributed by atoms with E-state index in [1.165, 1.54) is 11.8 Å². The number of aromatic amines is 1. The number of hydrogen-bond donors (Lipinski definition) is 1. The zero-order valence-electron chi connectivity index (χ0n) is 13.3. The SMILES string of the molecule is CCCCc1c(C)nn(-c2nc3c(cnn3C)c(=O)[nH]2)c1C. The summed E-state index contributed by atoms with van der Waals surface area (Å²) in [5.74, 6) is 0.435. The van der Waals surface area contributed by atoms with Crippen LogP contribution in [-0.2, 0) is 13.5 Å². The molecule has 3 aromatic heterocycles. The zero-order valence-corrected chi connectivity index (χ0v) is 13.3. The molecular formula is C15H20N6O. The molecule has 22 heavy (non-hydrogen) atoms. The lowest BCUT2D eigenvalue weighted by atomic mass is 10.1. The minimum atomic E-state index is -0.198. The summed E-state index contributed by atoms with van der Waals surface area (Å²) in [4.78, 5) is 19.5. The van der Waals surface area contributed by atoms with Gasteiger partial charge in [-0.25, -0.2) is 4.68 Å². The van der Waals surface area contributed by atoms with Gasteiger partial charge in [0.2, 0.25) is 5.95 Å². The first-order valence-electron chi connectivity index (χ1n) is 7.50. The summed E-state index contributed by atoms with van der Waals surface area (Å²) in [5.41, 5.74) is 3.60. The fraction of sp³-hybridized carbons (Fsp3) is 0.467. The Bertz CT molecular complexity index is 885. The highest BCUT2D eigenvalue weighted by molar-refractivity contribution is 5.73. The summed E-state index contributed by atoms with van der Waals surface area (Å²) >= 11 is 0.